The largest absolute Gasteiger partial charge is 0.439 e. The van der Waals surface area contributed by atoms with E-state index in [2.05, 4.69) is 9.38 Å². The van der Waals surface area contributed by atoms with Crippen LogP contribution < -0.4 is 4.74 Å². The predicted octanol–water partition coefficient (Wildman–Crippen LogP) is 3.22. The van der Waals surface area contributed by atoms with Crippen LogP contribution in [0.3, 0.4) is 0 Å². The predicted molar refractivity (Wildman–Crippen MR) is 100 cm³/mol. The van der Waals surface area contributed by atoms with E-state index in [0.717, 1.165) is 11.1 Å². The molecule has 1 aromatic heterocycles. The van der Waals surface area contributed by atoms with Gasteiger partial charge in [0.25, 0.3) is 10.0 Å². The lowest BCUT2D eigenvalue weighted by molar-refractivity contribution is 0.463. The number of rotatable bonds is 3. The van der Waals surface area contributed by atoms with Gasteiger partial charge in [-0.15, -0.1) is 4.40 Å². The van der Waals surface area contributed by atoms with Gasteiger partial charge in [0.05, 0.1) is 5.75 Å². The number of fused-ring (bicyclic) bond motifs is 1. The molecule has 6 nitrogen and oxygen atoms in total. The first-order chi connectivity index (χ1) is 12.6. The van der Waals surface area contributed by atoms with Gasteiger partial charge in [-0.2, -0.15) is 0 Å². The molecule has 4 rings (SSSR count). The van der Waals surface area contributed by atoms with Gasteiger partial charge in [0, 0.05) is 30.6 Å². The number of sulfonamides is 1. The number of benzene rings is 1. The first-order valence-electron chi connectivity index (χ1n) is 8.28. The molecule has 0 bridgehead atoms. The van der Waals surface area contributed by atoms with Crippen LogP contribution in [0.1, 0.15) is 12.0 Å². The Morgan fingerprint density at radius 1 is 1.08 bits per heavy atom. The summed E-state index contributed by atoms with van der Waals surface area (Å²) in [4.78, 5) is 6.02. The van der Waals surface area contributed by atoms with E-state index in [-0.39, 0.29) is 5.75 Å². The number of aromatic nitrogens is 1. The third-order valence-electron chi connectivity index (χ3n) is 4.09. The fourth-order valence-electron chi connectivity index (χ4n) is 2.88. The Hall–Kier alpha value is -2.93. The molecule has 2 aromatic rings. The van der Waals surface area contributed by atoms with Gasteiger partial charge in [0.15, 0.2) is 5.84 Å². The van der Waals surface area contributed by atoms with Crippen LogP contribution in [0, 0.1) is 0 Å². The fourth-order valence-corrected chi connectivity index (χ4v) is 3.93. The van der Waals surface area contributed by atoms with Crippen LogP contribution >= 0.6 is 0 Å². The SMILES string of the molecule is O=S1(=O)CCCN2C=CC=C(c3ccc(Oc4ccccn4)cc3)C2=N1. The number of nitrogens with zero attached hydrogens (tertiary/aromatic N) is 3. The lowest BCUT2D eigenvalue weighted by atomic mass is 10.0. The molecule has 26 heavy (non-hydrogen) atoms. The van der Waals surface area contributed by atoms with Crippen molar-refractivity contribution in [1.29, 1.82) is 0 Å². The highest BCUT2D eigenvalue weighted by atomic mass is 32.2. The van der Waals surface area contributed by atoms with Gasteiger partial charge >= 0.3 is 0 Å². The normalized spacial score (nSPS) is 18.4. The summed E-state index contributed by atoms with van der Waals surface area (Å²) in [6.45, 7) is 0.632. The van der Waals surface area contributed by atoms with E-state index in [1.54, 1.807) is 12.3 Å². The Labute approximate surface area is 152 Å². The summed E-state index contributed by atoms with van der Waals surface area (Å²) in [5.41, 5.74) is 1.66. The van der Waals surface area contributed by atoms with Crippen molar-refractivity contribution in [2.45, 2.75) is 6.42 Å². The van der Waals surface area contributed by atoms with E-state index in [1.807, 2.05) is 59.7 Å². The summed E-state index contributed by atoms with van der Waals surface area (Å²) in [7, 11) is -3.44. The van der Waals surface area contributed by atoms with Gasteiger partial charge < -0.3 is 9.64 Å². The molecule has 0 amide bonds. The number of hydrogen-bond donors (Lipinski definition) is 0. The van der Waals surface area contributed by atoms with Crippen molar-refractivity contribution in [2.75, 3.05) is 12.3 Å². The minimum atomic E-state index is -3.44. The Bertz CT molecular complexity index is 994. The molecular weight excluding hydrogens is 350 g/mol. The fraction of sp³-hybridized carbons (Fsp3) is 0.158. The quantitative estimate of drug-likeness (QED) is 0.833. The van der Waals surface area contributed by atoms with Gasteiger partial charge in [0.2, 0.25) is 5.88 Å². The highest BCUT2D eigenvalue weighted by Gasteiger charge is 2.25. The standard InChI is InChI=1S/C19H17N3O3S/c23-26(24)14-4-13-22-12-3-5-17(19(22)21-26)15-7-9-16(10-8-15)25-18-6-1-2-11-20-18/h1-3,5-12H,4,13-14H2. The molecule has 2 aliphatic heterocycles. The summed E-state index contributed by atoms with van der Waals surface area (Å²) in [5, 5.41) is 0. The average Bonchev–Trinajstić information content (AvgIpc) is 2.80. The third-order valence-corrected chi connectivity index (χ3v) is 5.35. The summed E-state index contributed by atoms with van der Waals surface area (Å²) < 4.78 is 33.9. The summed E-state index contributed by atoms with van der Waals surface area (Å²) in [6, 6.07) is 12.9. The number of ether oxygens (including phenoxy) is 1. The summed E-state index contributed by atoms with van der Waals surface area (Å²) >= 11 is 0. The van der Waals surface area contributed by atoms with Crippen molar-refractivity contribution in [3.63, 3.8) is 0 Å². The Kier molecular flexibility index (Phi) is 4.30. The Morgan fingerprint density at radius 2 is 1.92 bits per heavy atom. The zero-order valence-corrected chi connectivity index (χ0v) is 14.8. The molecule has 0 saturated carbocycles. The minimum absolute atomic E-state index is 0.0744. The third kappa shape index (κ3) is 3.52. The molecular formula is C19H17N3O3S. The Morgan fingerprint density at radius 3 is 2.69 bits per heavy atom. The van der Waals surface area contributed by atoms with Crippen LogP contribution in [-0.2, 0) is 10.0 Å². The lowest BCUT2D eigenvalue weighted by Gasteiger charge is -2.24. The summed E-state index contributed by atoms with van der Waals surface area (Å²) in [6.07, 6.45) is 7.88. The van der Waals surface area contributed by atoms with E-state index in [4.69, 9.17) is 4.74 Å². The van der Waals surface area contributed by atoms with E-state index >= 15 is 0 Å². The first-order valence-corrected chi connectivity index (χ1v) is 9.89. The van der Waals surface area contributed by atoms with Crippen LogP contribution in [-0.4, -0.2) is 36.4 Å². The Balaban J connectivity index is 1.63. The van der Waals surface area contributed by atoms with Gasteiger partial charge in [-0.3, -0.25) is 0 Å². The molecule has 0 unspecified atom stereocenters. The zero-order chi connectivity index (χ0) is 18.0. The maximum absolute atomic E-state index is 12.1. The monoisotopic (exact) mass is 367 g/mol. The molecule has 0 spiro atoms. The highest BCUT2D eigenvalue weighted by molar-refractivity contribution is 7.90. The molecule has 2 aliphatic rings. The van der Waals surface area contributed by atoms with Crippen molar-refractivity contribution in [1.82, 2.24) is 9.88 Å². The van der Waals surface area contributed by atoms with E-state index in [9.17, 15) is 8.42 Å². The number of amidine groups is 1. The van der Waals surface area contributed by atoms with E-state index < -0.39 is 10.0 Å². The van der Waals surface area contributed by atoms with Gasteiger partial charge in [-0.1, -0.05) is 18.2 Å². The molecule has 132 valence electrons. The van der Waals surface area contributed by atoms with Crippen LogP contribution in [0.25, 0.3) is 5.57 Å². The molecule has 0 fully saturated rings. The molecule has 3 heterocycles. The lowest BCUT2D eigenvalue weighted by Crippen LogP contribution is -2.28. The molecule has 0 saturated heterocycles. The van der Waals surface area contributed by atoms with Crippen LogP contribution in [0.2, 0.25) is 0 Å². The van der Waals surface area contributed by atoms with E-state index in [0.29, 0.717) is 30.4 Å². The number of pyridine rings is 1. The molecule has 0 N–H and O–H groups in total. The maximum atomic E-state index is 12.1. The smallest absolute Gasteiger partial charge is 0.255 e. The van der Waals surface area contributed by atoms with E-state index in [1.165, 1.54) is 0 Å². The summed E-state index contributed by atoms with van der Waals surface area (Å²) in [5.74, 6) is 1.73. The molecule has 0 radical (unpaired) electrons. The van der Waals surface area contributed by atoms with Crippen molar-refractivity contribution >= 4 is 21.4 Å². The van der Waals surface area contributed by atoms with Crippen LogP contribution in [0.4, 0.5) is 0 Å². The second-order valence-corrected chi connectivity index (χ2v) is 7.72. The molecule has 0 aliphatic carbocycles. The molecule has 7 heteroatoms. The van der Waals surface area contributed by atoms with Gasteiger partial charge in [0.1, 0.15) is 5.75 Å². The highest BCUT2D eigenvalue weighted by Crippen LogP contribution is 2.27. The minimum Gasteiger partial charge on any atom is -0.439 e. The number of allylic oxidation sites excluding steroid dienone is 2. The van der Waals surface area contributed by atoms with Crippen LogP contribution in [0.5, 0.6) is 11.6 Å². The second-order valence-electron chi connectivity index (χ2n) is 5.96. The second kappa shape index (κ2) is 6.76. The van der Waals surface area contributed by atoms with Gasteiger partial charge in [-0.25, -0.2) is 13.4 Å². The van der Waals surface area contributed by atoms with Crippen molar-refractivity contribution in [2.24, 2.45) is 4.40 Å². The van der Waals surface area contributed by atoms with Crippen LogP contribution in [0.15, 0.2) is 71.4 Å². The van der Waals surface area contributed by atoms with Gasteiger partial charge in [-0.05, 0) is 42.3 Å². The molecule has 1 aromatic carbocycles. The topological polar surface area (TPSA) is 71.9 Å². The van der Waals surface area contributed by atoms with Crippen molar-refractivity contribution < 1.29 is 13.2 Å². The van der Waals surface area contributed by atoms with Crippen molar-refractivity contribution in [3.05, 3.63) is 72.6 Å². The van der Waals surface area contributed by atoms with Crippen molar-refractivity contribution in [3.8, 4) is 11.6 Å². The number of hydrogen-bond acceptors (Lipinski definition) is 5. The average molecular weight is 367 g/mol. The zero-order valence-electron chi connectivity index (χ0n) is 13.9. The maximum Gasteiger partial charge on any atom is 0.255 e. The first kappa shape index (κ1) is 16.5. The molecule has 0 atom stereocenters.